The number of aromatic nitrogens is 2. The summed E-state index contributed by atoms with van der Waals surface area (Å²) in [7, 11) is 3.19. The molecular weight excluding hydrogens is 681 g/mol. The van der Waals surface area contributed by atoms with Crippen LogP contribution in [-0.2, 0) is 31.1 Å². The van der Waals surface area contributed by atoms with Gasteiger partial charge >= 0.3 is 0 Å². The Balaban J connectivity index is 1.24. The van der Waals surface area contributed by atoms with E-state index in [9.17, 15) is 4.39 Å². The highest BCUT2D eigenvalue weighted by molar-refractivity contribution is 7.98. The molecule has 0 spiro atoms. The molecule has 4 aromatic rings. The van der Waals surface area contributed by atoms with Crippen molar-refractivity contribution in [3.05, 3.63) is 99.6 Å². The predicted octanol–water partition coefficient (Wildman–Crippen LogP) is 7.79. The Morgan fingerprint density at radius 1 is 0.837 bits per heavy atom. The largest absolute Gasteiger partial charge is 0.495 e. The summed E-state index contributed by atoms with van der Waals surface area (Å²) >= 11 is 7.54. The van der Waals surface area contributed by atoms with Crippen LogP contribution >= 0.6 is 23.4 Å². The van der Waals surface area contributed by atoms with Gasteiger partial charge in [0.15, 0.2) is 5.16 Å². The van der Waals surface area contributed by atoms with Gasteiger partial charge in [-0.05, 0) is 61.2 Å². The minimum atomic E-state index is -0.722. The molecule has 1 heterocycles. The second-order valence-electron chi connectivity index (χ2n) is 11.2. The molecule has 1 aliphatic carbocycles. The van der Waals surface area contributed by atoms with Gasteiger partial charge in [-0.25, -0.2) is 18.2 Å². The molecule has 0 bridgehead atoms. The fourth-order valence-electron chi connectivity index (χ4n) is 5.60. The normalized spacial score (nSPS) is 14.2. The smallest absolute Gasteiger partial charge is 0.173 e. The van der Waals surface area contributed by atoms with Gasteiger partial charge in [-0.2, -0.15) is 0 Å². The molecule has 1 aromatic heterocycles. The number of aryl methyl sites for hydroxylation is 1. The Kier molecular flexibility index (Phi) is 14.1. The standard InChI is InChI=1S/C36H40ClF3N2O6S/c1-43-12-13-45-14-15-46-16-17-47-18-19-48-27-21-31(39)29(32(40)22-27)23-49-36-41-33-5-3-4-28(24-6-11-30(37)34(20-24)44-2)35(33)42(36)26-9-7-25(38)8-10-26/h6-11,20-22,28H,3-5,12-19,23H2,1-2H3. The number of halogens is 4. The molecule has 3 aromatic carbocycles. The van der Waals surface area contributed by atoms with Crippen molar-refractivity contribution < 1.29 is 41.6 Å². The van der Waals surface area contributed by atoms with Crippen LogP contribution in [-0.4, -0.2) is 76.6 Å². The Bertz CT molecular complexity index is 1640. The lowest BCUT2D eigenvalue weighted by Crippen LogP contribution is -2.15. The zero-order valence-electron chi connectivity index (χ0n) is 27.5. The SMILES string of the molecule is COCCOCCOCCOCCOc1cc(F)c(CSc2nc3c(n2-c2ccc(F)cc2)C(c2ccc(Cl)c(OC)c2)CCC3)c(F)c1. The van der Waals surface area contributed by atoms with Gasteiger partial charge in [-0.1, -0.05) is 29.4 Å². The summed E-state index contributed by atoms with van der Waals surface area (Å²) in [4.78, 5) is 4.95. The zero-order chi connectivity index (χ0) is 34.6. The summed E-state index contributed by atoms with van der Waals surface area (Å²) < 4.78 is 78.6. The number of ether oxygens (including phenoxy) is 6. The average Bonchev–Trinajstić information content (AvgIpc) is 3.47. The molecule has 1 atom stereocenters. The molecule has 8 nitrogen and oxygen atoms in total. The fraction of sp³-hybridized carbons (Fsp3) is 0.417. The monoisotopic (exact) mass is 720 g/mol. The first-order valence-corrected chi connectivity index (χ1v) is 17.4. The lowest BCUT2D eigenvalue weighted by atomic mass is 9.84. The van der Waals surface area contributed by atoms with Gasteiger partial charge in [-0.15, -0.1) is 0 Å². The van der Waals surface area contributed by atoms with Crippen LogP contribution in [0.1, 0.15) is 41.3 Å². The van der Waals surface area contributed by atoms with Crippen LogP contribution in [0.2, 0.25) is 5.02 Å². The summed E-state index contributed by atoms with van der Waals surface area (Å²) in [5, 5.41) is 1.07. The van der Waals surface area contributed by atoms with Gasteiger partial charge in [0.2, 0.25) is 0 Å². The van der Waals surface area contributed by atoms with Crippen LogP contribution in [0.15, 0.2) is 59.8 Å². The lowest BCUT2D eigenvalue weighted by Gasteiger charge is -2.26. The molecule has 0 N–H and O–H groups in total. The highest BCUT2D eigenvalue weighted by atomic mass is 35.5. The summed E-state index contributed by atoms with van der Waals surface area (Å²) in [6, 6.07) is 14.2. The molecule has 5 rings (SSSR count). The number of rotatable bonds is 19. The number of hydrogen-bond acceptors (Lipinski definition) is 8. The Morgan fingerprint density at radius 2 is 1.49 bits per heavy atom. The third kappa shape index (κ3) is 9.93. The van der Waals surface area contributed by atoms with Gasteiger partial charge in [0.25, 0.3) is 0 Å². The lowest BCUT2D eigenvalue weighted by molar-refractivity contribution is 0.000143. The van der Waals surface area contributed by atoms with Crippen molar-refractivity contribution in [3.8, 4) is 17.2 Å². The molecule has 1 unspecified atom stereocenters. The maximum absolute atomic E-state index is 15.3. The molecule has 264 valence electrons. The quantitative estimate of drug-likeness (QED) is 0.0719. The molecule has 0 aliphatic heterocycles. The van der Waals surface area contributed by atoms with E-state index in [0.29, 0.717) is 61.3 Å². The van der Waals surface area contributed by atoms with Crippen LogP contribution in [0, 0.1) is 17.5 Å². The predicted molar refractivity (Wildman–Crippen MR) is 182 cm³/mol. The average molecular weight is 721 g/mol. The summed E-state index contributed by atoms with van der Waals surface area (Å²) in [5.41, 5.74) is 3.46. The van der Waals surface area contributed by atoms with Crippen LogP contribution in [0.4, 0.5) is 13.2 Å². The first-order valence-electron chi connectivity index (χ1n) is 16.1. The van der Waals surface area contributed by atoms with Crippen molar-refractivity contribution >= 4 is 23.4 Å². The van der Waals surface area contributed by atoms with Gasteiger partial charge in [0, 0.05) is 42.2 Å². The number of nitrogens with zero attached hydrogens (tertiary/aromatic N) is 2. The summed E-state index contributed by atoms with van der Waals surface area (Å²) in [6.07, 6.45) is 2.50. The second-order valence-corrected chi connectivity index (χ2v) is 12.6. The molecule has 0 saturated heterocycles. The van der Waals surface area contributed by atoms with E-state index in [-0.39, 0.29) is 42.0 Å². The number of imidazole rings is 1. The first kappa shape index (κ1) is 37.0. The topological polar surface area (TPSA) is 73.2 Å². The minimum Gasteiger partial charge on any atom is -0.495 e. The van der Waals surface area contributed by atoms with E-state index in [1.807, 2.05) is 22.8 Å². The molecular formula is C36H40ClF3N2O6S. The molecule has 0 amide bonds. The maximum atomic E-state index is 15.3. The van der Waals surface area contributed by atoms with Crippen molar-refractivity contribution in [1.29, 1.82) is 0 Å². The van der Waals surface area contributed by atoms with Crippen LogP contribution in [0.3, 0.4) is 0 Å². The highest BCUT2D eigenvalue weighted by Gasteiger charge is 2.31. The highest BCUT2D eigenvalue weighted by Crippen LogP contribution is 2.43. The fourth-order valence-corrected chi connectivity index (χ4v) is 6.85. The van der Waals surface area contributed by atoms with E-state index in [1.54, 1.807) is 26.4 Å². The van der Waals surface area contributed by atoms with Gasteiger partial charge in [0.1, 0.15) is 35.6 Å². The third-order valence-electron chi connectivity index (χ3n) is 7.99. The van der Waals surface area contributed by atoms with Gasteiger partial charge < -0.3 is 28.4 Å². The first-order chi connectivity index (χ1) is 23.9. The zero-order valence-corrected chi connectivity index (χ0v) is 29.1. The van der Waals surface area contributed by atoms with Gasteiger partial charge in [0.05, 0.1) is 69.8 Å². The third-order valence-corrected chi connectivity index (χ3v) is 9.27. The van der Waals surface area contributed by atoms with E-state index in [2.05, 4.69) is 0 Å². The van der Waals surface area contributed by atoms with E-state index in [0.717, 1.165) is 36.2 Å². The van der Waals surface area contributed by atoms with Crippen LogP contribution < -0.4 is 9.47 Å². The number of thioether (sulfide) groups is 1. The van der Waals surface area contributed by atoms with Crippen LogP contribution in [0.25, 0.3) is 5.69 Å². The number of hydrogen-bond donors (Lipinski definition) is 0. The molecule has 0 radical (unpaired) electrons. The summed E-state index contributed by atoms with van der Waals surface area (Å²) in [6.45, 7) is 3.07. The van der Waals surface area contributed by atoms with E-state index >= 15 is 8.78 Å². The Labute approximate surface area is 293 Å². The molecule has 0 fully saturated rings. The molecule has 13 heteroatoms. The molecule has 0 saturated carbocycles. The molecule has 1 aliphatic rings. The summed E-state index contributed by atoms with van der Waals surface area (Å²) in [5.74, 6) is -1.24. The van der Waals surface area contributed by atoms with E-state index in [4.69, 9.17) is 45.0 Å². The van der Waals surface area contributed by atoms with Crippen molar-refractivity contribution in [2.24, 2.45) is 0 Å². The maximum Gasteiger partial charge on any atom is 0.173 e. The van der Waals surface area contributed by atoms with Crippen molar-refractivity contribution in [3.63, 3.8) is 0 Å². The van der Waals surface area contributed by atoms with Crippen molar-refractivity contribution in [1.82, 2.24) is 9.55 Å². The number of fused-ring (bicyclic) bond motifs is 1. The van der Waals surface area contributed by atoms with E-state index in [1.165, 1.54) is 36.0 Å². The minimum absolute atomic E-state index is 0.0188. The van der Waals surface area contributed by atoms with Crippen LogP contribution in [0.5, 0.6) is 11.5 Å². The number of benzene rings is 3. The second kappa shape index (κ2) is 18.7. The van der Waals surface area contributed by atoms with Gasteiger partial charge in [-0.3, -0.25) is 4.57 Å². The molecule has 49 heavy (non-hydrogen) atoms. The van der Waals surface area contributed by atoms with E-state index < -0.39 is 11.6 Å². The Hall–Kier alpha value is -3.26. The van der Waals surface area contributed by atoms with Crippen molar-refractivity contribution in [2.45, 2.75) is 36.1 Å². The Morgan fingerprint density at radius 3 is 2.14 bits per heavy atom. The van der Waals surface area contributed by atoms with Crippen molar-refractivity contribution in [2.75, 3.05) is 67.1 Å². The number of methoxy groups -OCH3 is 2.